The molecule has 0 saturated carbocycles. The third-order valence-corrected chi connectivity index (χ3v) is 11.4. The minimum absolute atomic E-state index is 0.0725. The second kappa shape index (κ2) is 33.7. The highest BCUT2D eigenvalue weighted by atomic mass is 16.3. The van der Waals surface area contributed by atoms with E-state index in [1.807, 2.05) is 0 Å². The number of hydrogen-bond acceptors (Lipinski definition) is 17. The first kappa shape index (κ1) is 62.2. The highest BCUT2D eigenvalue weighted by Gasteiger charge is 2.38. The molecule has 1 saturated heterocycles. The molecule has 0 aromatic carbocycles. The van der Waals surface area contributed by atoms with Crippen molar-refractivity contribution in [1.82, 2.24) is 52.1 Å². The monoisotopic (exact) mass is 1030 g/mol. The Bertz CT molecular complexity index is 2070. The van der Waals surface area contributed by atoms with Gasteiger partial charge in [0.2, 0.25) is 35.4 Å². The standard InChI is InChI=1S/C44H77N19O10/c1-25(57-42(72)35(33(64)21-48)62-38(68)27(49)10-3-2-5-15-45)37(67)55-23-34(65)58-30(12-7-17-47)43(73)63-19-9-14-32(63)41(71)61-31(20-26-22-53-24-56-26)40(70)60-29(11-4-6-16-46)39(69)59-28(36(50)66)13-8-18-54-44(51)52/h13,22,24-25,27,29,31-33,35,64H,2-12,14-21,23,45-49H2,1H3,(H2,50,66)(H,53,56)(H,55,67)(H,57,72)(H,59,69)(H,60,70)(H,61,71)(H,62,68)(H4,51,52,54)/b28-13-,58-30+/t25-,27-,29-,31-,32-,33-,35-/m0/s1. The fourth-order valence-electron chi connectivity index (χ4n) is 7.34. The van der Waals surface area contributed by atoms with E-state index in [0.29, 0.717) is 44.3 Å². The quantitative estimate of drug-likeness (QED) is 0.0132. The molecule has 9 amide bonds. The molecule has 29 heteroatoms. The van der Waals surface area contributed by atoms with Crippen LogP contribution in [0.1, 0.15) is 89.7 Å². The lowest BCUT2D eigenvalue weighted by molar-refractivity contribution is -0.136. The molecule has 1 aromatic rings. The number of carbonyl (C=O) groups is 9. The molecule has 408 valence electrons. The highest BCUT2D eigenvalue weighted by molar-refractivity contribution is 6.40. The van der Waals surface area contributed by atoms with E-state index in [9.17, 15) is 48.3 Å². The average Bonchev–Trinajstić information content (AvgIpc) is 4.08. The molecule has 2 heterocycles. The zero-order valence-electron chi connectivity index (χ0n) is 41.4. The van der Waals surface area contributed by atoms with Crippen molar-refractivity contribution in [2.45, 2.75) is 133 Å². The Balaban J connectivity index is 2.23. The summed E-state index contributed by atoms with van der Waals surface area (Å²) in [6.07, 6.45) is 6.63. The van der Waals surface area contributed by atoms with Crippen molar-refractivity contribution < 1.29 is 48.3 Å². The number of aliphatic hydroxyl groups excluding tert-OH is 1. The third-order valence-electron chi connectivity index (χ3n) is 11.4. The van der Waals surface area contributed by atoms with Gasteiger partial charge in [0.25, 0.3) is 17.7 Å². The number of primary amides is 1. The van der Waals surface area contributed by atoms with E-state index < -0.39 is 109 Å². The Morgan fingerprint density at radius 2 is 1.53 bits per heavy atom. The molecular weight excluding hydrogens is 955 g/mol. The normalized spacial score (nSPS) is 16.2. The maximum absolute atomic E-state index is 14.1. The van der Waals surface area contributed by atoms with Gasteiger partial charge in [0.05, 0.1) is 25.0 Å². The molecule has 1 aromatic heterocycles. The Labute approximate surface area is 423 Å². The summed E-state index contributed by atoms with van der Waals surface area (Å²) < 4.78 is 0. The van der Waals surface area contributed by atoms with Gasteiger partial charge in [-0.25, -0.2) is 9.98 Å². The minimum Gasteiger partial charge on any atom is -0.389 e. The van der Waals surface area contributed by atoms with Gasteiger partial charge in [0, 0.05) is 37.9 Å². The van der Waals surface area contributed by atoms with Gasteiger partial charge in [-0.05, 0) is 90.8 Å². The van der Waals surface area contributed by atoms with Gasteiger partial charge < -0.3 is 92.3 Å². The van der Waals surface area contributed by atoms with Crippen LogP contribution in [0.3, 0.4) is 0 Å². The van der Waals surface area contributed by atoms with Gasteiger partial charge in [-0.2, -0.15) is 0 Å². The van der Waals surface area contributed by atoms with Crippen LogP contribution < -0.4 is 77.4 Å². The van der Waals surface area contributed by atoms with Crippen molar-refractivity contribution in [3.8, 4) is 0 Å². The summed E-state index contributed by atoms with van der Waals surface area (Å²) in [4.78, 5) is 132. The summed E-state index contributed by atoms with van der Waals surface area (Å²) in [7, 11) is 0. The number of nitrogens with one attached hydrogen (secondary N) is 9. The number of aromatic nitrogens is 2. The number of nitrogens with two attached hydrogens (primary N) is 7. The van der Waals surface area contributed by atoms with E-state index in [1.165, 1.54) is 30.4 Å². The topological polar surface area (TPSA) is 508 Å². The number of hydrogen-bond donors (Lipinski definition) is 17. The number of nitrogens with zero attached hydrogens (tertiary/aromatic N) is 3. The van der Waals surface area contributed by atoms with Crippen molar-refractivity contribution in [2.24, 2.45) is 45.1 Å². The maximum Gasteiger partial charge on any atom is 0.269 e. The molecule has 0 aliphatic carbocycles. The molecular formula is C44H77N19O10. The van der Waals surface area contributed by atoms with E-state index in [2.05, 4.69) is 52.2 Å². The van der Waals surface area contributed by atoms with Crippen LogP contribution in [0.5, 0.6) is 0 Å². The lowest BCUT2D eigenvalue weighted by Gasteiger charge is -2.27. The van der Waals surface area contributed by atoms with Crippen molar-refractivity contribution in [2.75, 3.05) is 45.8 Å². The fraction of sp³-hybridized carbons (Fsp3) is 0.636. The summed E-state index contributed by atoms with van der Waals surface area (Å²) in [5, 5.41) is 35.2. The van der Waals surface area contributed by atoms with Crippen molar-refractivity contribution in [3.63, 3.8) is 0 Å². The molecule has 0 unspecified atom stereocenters. The molecule has 24 N–H and O–H groups in total. The molecule has 73 heavy (non-hydrogen) atoms. The Kier molecular flexibility index (Phi) is 28.7. The van der Waals surface area contributed by atoms with Gasteiger partial charge in [-0.15, -0.1) is 0 Å². The largest absolute Gasteiger partial charge is 0.389 e. The summed E-state index contributed by atoms with van der Waals surface area (Å²) in [6, 6.07) is -7.57. The fourth-order valence-corrected chi connectivity index (χ4v) is 7.34. The van der Waals surface area contributed by atoms with Crippen LogP contribution in [0.2, 0.25) is 0 Å². The van der Waals surface area contributed by atoms with E-state index >= 15 is 0 Å². The summed E-state index contributed by atoms with van der Waals surface area (Å²) in [5.74, 6) is -7.82. The average molecular weight is 1030 g/mol. The number of H-pyrrole nitrogens is 1. The zero-order valence-corrected chi connectivity index (χ0v) is 41.4. The van der Waals surface area contributed by atoms with Crippen LogP contribution in [0, 0.1) is 5.41 Å². The van der Waals surface area contributed by atoms with Crippen molar-refractivity contribution >= 4 is 64.8 Å². The van der Waals surface area contributed by atoms with E-state index in [1.54, 1.807) is 0 Å². The Morgan fingerprint density at radius 3 is 2.16 bits per heavy atom. The van der Waals surface area contributed by atoms with Crippen LogP contribution in [0.15, 0.2) is 29.3 Å². The van der Waals surface area contributed by atoms with E-state index in [4.69, 9.17) is 45.5 Å². The maximum atomic E-state index is 14.1. The molecule has 1 fully saturated rings. The molecule has 1 aliphatic heterocycles. The van der Waals surface area contributed by atoms with Crippen molar-refractivity contribution in [3.05, 3.63) is 30.0 Å². The number of guanidine groups is 1. The number of amides is 9. The first-order chi connectivity index (χ1) is 34.8. The summed E-state index contributed by atoms with van der Waals surface area (Å²) in [5.41, 5.74) is 39.2. The lowest BCUT2D eigenvalue weighted by Crippen LogP contribution is -2.60. The van der Waals surface area contributed by atoms with Gasteiger partial charge in [0.1, 0.15) is 41.6 Å². The second-order valence-electron chi connectivity index (χ2n) is 17.3. The first-order valence-corrected chi connectivity index (χ1v) is 24.3. The minimum atomic E-state index is -1.56. The first-order valence-electron chi connectivity index (χ1n) is 24.3. The number of unbranched alkanes of at least 4 members (excludes halogenated alkanes) is 3. The lowest BCUT2D eigenvalue weighted by atomic mass is 10.1. The number of likely N-dealkylation sites (tertiary alicyclic amines) is 1. The van der Waals surface area contributed by atoms with E-state index in [0.717, 1.165) is 12.8 Å². The SMILES string of the molecule is C[C@H](NC(=O)[C@@H](NC(=O)[C@@H](N)CCCCCN)[C@@H](O)CN)C(=O)NCC(=O)/N=C(\CCCN)C(=O)N1CCC[C@H]1C(=O)N[C@@H](Cc1cnc[nH]1)C(=O)N[C@@H](CCCCN)C(=O)N/C(=C\CCNC(=N)N)C(N)=O. The van der Waals surface area contributed by atoms with Crippen LogP contribution in [0.4, 0.5) is 0 Å². The van der Waals surface area contributed by atoms with Crippen molar-refractivity contribution in [1.29, 1.82) is 5.41 Å². The number of aliphatic hydroxyl groups is 1. The molecule has 0 spiro atoms. The number of rotatable bonds is 34. The molecule has 29 nitrogen and oxygen atoms in total. The predicted octanol–water partition coefficient (Wildman–Crippen LogP) is -6.62. The van der Waals surface area contributed by atoms with Gasteiger partial charge >= 0.3 is 0 Å². The second-order valence-corrected chi connectivity index (χ2v) is 17.3. The van der Waals surface area contributed by atoms with Crippen LogP contribution >= 0.6 is 0 Å². The molecule has 0 radical (unpaired) electrons. The highest BCUT2D eigenvalue weighted by Crippen LogP contribution is 2.20. The zero-order chi connectivity index (χ0) is 54.5. The number of aromatic amines is 1. The summed E-state index contributed by atoms with van der Waals surface area (Å²) >= 11 is 0. The van der Waals surface area contributed by atoms with Crippen LogP contribution in [-0.4, -0.2) is 173 Å². The van der Waals surface area contributed by atoms with Gasteiger partial charge in [0.15, 0.2) is 5.96 Å². The molecule has 7 atom stereocenters. The van der Waals surface area contributed by atoms with Gasteiger partial charge in [-0.1, -0.05) is 18.9 Å². The van der Waals surface area contributed by atoms with E-state index in [-0.39, 0.29) is 82.1 Å². The van der Waals surface area contributed by atoms with Crippen LogP contribution in [0.25, 0.3) is 0 Å². The number of imidazole rings is 1. The molecule has 1 aliphatic rings. The number of carbonyl (C=O) groups excluding carboxylic acids is 9. The third kappa shape index (κ3) is 22.6. The Morgan fingerprint density at radius 1 is 0.849 bits per heavy atom. The number of aliphatic imine (C=N–C) groups is 1. The summed E-state index contributed by atoms with van der Waals surface area (Å²) in [6.45, 7) is 1.26. The van der Waals surface area contributed by atoms with Crippen LogP contribution in [-0.2, 0) is 49.6 Å². The predicted molar refractivity (Wildman–Crippen MR) is 268 cm³/mol. The molecule has 2 rings (SSSR count). The Hall–Kier alpha value is -6.92. The smallest absolute Gasteiger partial charge is 0.269 e. The van der Waals surface area contributed by atoms with Gasteiger partial charge in [-0.3, -0.25) is 48.6 Å². The molecule has 0 bridgehead atoms.